The second kappa shape index (κ2) is 8.96. The minimum absolute atomic E-state index is 0.0606. The van der Waals surface area contributed by atoms with Gasteiger partial charge in [-0.25, -0.2) is 18.1 Å². The molecule has 0 radical (unpaired) electrons. The number of carbonyl (C=O) groups excluding carboxylic acids is 1. The van der Waals surface area contributed by atoms with Crippen LogP contribution < -0.4 is 10.5 Å². The van der Waals surface area contributed by atoms with Crippen LogP contribution >= 0.6 is 11.6 Å². The van der Waals surface area contributed by atoms with E-state index in [0.29, 0.717) is 34.8 Å². The Hall–Kier alpha value is -3.63. The van der Waals surface area contributed by atoms with E-state index in [-0.39, 0.29) is 21.6 Å². The SMILES string of the molecule is Cc1noc(NS(=O)(=O)c2ccccc2-c2ccc(Cn3c(C)nc(Cl)c3C(N)=O)cc2)c1C. The number of nitrogens with two attached hydrogens (primary N) is 1. The Balaban J connectivity index is 1.65. The maximum absolute atomic E-state index is 13.1. The van der Waals surface area contributed by atoms with E-state index in [1.54, 1.807) is 43.5 Å². The van der Waals surface area contributed by atoms with Crippen molar-refractivity contribution in [2.45, 2.75) is 32.2 Å². The number of sulfonamides is 1. The van der Waals surface area contributed by atoms with Crippen LogP contribution in [0.25, 0.3) is 11.1 Å². The number of aromatic nitrogens is 3. The summed E-state index contributed by atoms with van der Waals surface area (Å²) in [5.41, 5.74) is 8.90. The first-order valence-electron chi connectivity index (χ1n) is 10.2. The standard InChI is InChI=1S/C23H22ClN5O4S/c1-13-14(2)27-33-23(13)28-34(31,32)19-7-5-4-6-18(19)17-10-8-16(9-11-17)12-29-15(3)26-21(24)20(29)22(25)30/h4-11,28H,12H2,1-3H3,(H2,25,30). The van der Waals surface area contributed by atoms with Crippen LogP contribution in [-0.2, 0) is 16.6 Å². The lowest BCUT2D eigenvalue weighted by atomic mass is 10.0. The maximum Gasteiger partial charge on any atom is 0.268 e. The van der Waals surface area contributed by atoms with Crippen LogP contribution in [0.1, 0.15) is 33.1 Å². The fraction of sp³-hybridized carbons (Fsp3) is 0.174. The average Bonchev–Trinajstić information content (AvgIpc) is 3.26. The number of carbonyl (C=O) groups is 1. The number of benzene rings is 2. The van der Waals surface area contributed by atoms with Gasteiger partial charge < -0.3 is 14.8 Å². The van der Waals surface area contributed by atoms with Gasteiger partial charge in [0.25, 0.3) is 15.9 Å². The second-order valence-corrected chi connectivity index (χ2v) is 9.78. The van der Waals surface area contributed by atoms with Crippen LogP contribution in [0.3, 0.4) is 0 Å². The minimum Gasteiger partial charge on any atom is -0.364 e. The number of nitrogens with zero attached hydrogens (tertiary/aromatic N) is 3. The number of rotatable bonds is 7. The van der Waals surface area contributed by atoms with Crippen molar-refractivity contribution in [2.75, 3.05) is 4.72 Å². The number of anilines is 1. The van der Waals surface area contributed by atoms with Crippen LogP contribution in [-0.4, -0.2) is 29.0 Å². The van der Waals surface area contributed by atoms with Crippen molar-refractivity contribution in [2.24, 2.45) is 5.73 Å². The highest BCUT2D eigenvalue weighted by molar-refractivity contribution is 7.92. The van der Waals surface area contributed by atoms with Crippen LogP contribution in [0.5, 0.6) is 0 Å². The number of hydrogen-bond acceptors (Lipinski definition) is 6. The maximum atomic E-state index is 13.1. The van der Waals surface area contributed by atoms with Crippen molar-refractivity contribution in [3.63, 3.8) is 0 Å². The Kier molecular flexibility index (Phi) is 6.20. The summed E-state index contributed by atoms with van der Waals surface area (Å²) in [5, 5.41) is 3.86. The normalized spacial score (nSPS) is 11.5. The van der Waals surface area contributed by atoms with Gasteiger partial charge in [0.2, 0.25) is 5.88 Å². The zero-order chi connectivity index (χ0) is 24.6. The molecule has 0 aliphatic heterocycles. The first-order chi connectivity index (χ1) is 16.1. The number of imidazole rings is 1. The van der Waals surface area contributed by atoms with Crippen molar-refractivity contribution in [3.8, 4) is 11.1 Å². The first kappa shape index (κ1) is 23.5. The number of aryl methyl sites for hydroxylation is 2. The van der Waals surface area contributed by atoms with Crippen LogP contribution in [0.4, 0.5) is 5.88 Å². The Morgan fingerprint density at radius 1 is 1.12 bits per heavy atom. The summed E-state index contributed by atoms with van der Waals surface area (Å²) in [7, 11) is -3.94. The molecule has 3 N–H and O–H groups in total. The lowest BCUT2D eigenvalue weighted by molar-refractivity contribution is 0.0991. The van der Waals surface area contributed by atoms with Crippen molar-refractivity contribution in [1.29, 1.82) is 0 Å². The van der Waals surface area contributed by atoms with Crippen LogP contribution in [0.15, 0.2) is 57.9 Å². The van der Waals surface area contributed by atoms with Gasteiger partial charge in [0.15, 0.2) is 5.15 Å². The Labute approximate surface area is 201 Å². The second-order valence-electron chi connectivity index (χ2n) is 7.77. The predicted octanol–water partition coefficient (Wildman–Crippen LogP) is 4.06. The molecule has 34 heavy (non-hydrogen) atoms. The molecule has 0 fully saturated rings. The number of halogens is 1. The molecule has 11 heteroatoms. The van der Waals surface area contributed by atoms with Gasteiger partial charge in [0.1, 0.15) is 11.5 Å². The van der Waals surface area contributed by atoms with Crippen LogP contribution in [0, 0.1) is 20.8 Å². The van der Waals surface area contributed by atoms with Gasteiger partial charge in [-0.3, -0.25) is 4.79 Å². The molecule has 0 atom stereocenters. The lowest BCUT2D eigenvalue weighted by Gasteiger charge is -2.13. The van der Waals surface area contributed by atoms with Crippen molar-refractivity contribution >= 4 is 33.4 Å². The summed E-state index contributed by atoms with van der Waals surface area (Å²) in [6.07, 6.45) is 0. The van der Waals surface area contributed by atoms with E-state index in [2.05, 4.69) is 14.9 Å². The quantitative estimate of drug-likeness (QED) is 0.394. The molecule has 2 aromatic heterocycles. The summed E-state index contributed by atoms with van der Waals surface area (Å²) in [6, 6.07) is 14.0. The van der Waals surface area contributed by atoms with Gasteiger partial charge in [-0.1, -0.05) is 59.2 Å². The third kappa shape index (κ3) is 4.42. The third-order valence-corrected chi connectivity index (χ3v) is 7.17. The molecular weight excluding hydrogens is 478 g/mol. The van der Waals surface area contributed by atoms with Crippen molar-refractivity contribution in [1.82, 2.24) is 14.7 Å². The molecule has 0 saturated heterocycles. The van der Waals surface area contributed by atoms with E-state index >= 15 is 0 Å². The Morgan fingerprint density at radius 3 is 2.41 bits per heavy atom. The molecule has 0 unspecified atom stereocenters. The minimum atomic E-state index is -3.94. The van der Waals surface area contributed by atoms with Gasteiger partial charge in [-0.15, -0.1) is 0 Å². The summed E-state index contributed by atoms with van der Waals surface area (Å²) >= 11 is 6.04. The van der Waals surface area contributed by atoms with Gasteiger partial charge in [-0.2, -0.15) is 0 Å². The molecule has 0 spiro atoms. The Bertz CT molecular complexity index is 1490. The van der Waals surface area contributed by atoms with E-state index in [1.807, 2.05) is 24.3 Å². The first-order valence-corrected chi connectivity index (χ1v) is 12.1. The Morgan fingerprint density at radius 2 is 1.79 bits per heavy atom. The molecule has 0 saturated carbocycles. The molecule has 1 amide bonds. The van der Waals surface area contributed by atoms with Crippen molar-refractivity contribution in [3.05, 3.63) is 82.0 Å². The summed E-state index contributed by atoms with van der Waals surface area (Å²) in [4.78, 5) is 16.0. The largest absolute Gasteiger partial charge is 0.364 e. The highest BCUT2D eigenvalue weighted by atomic mass is 35.5. The summed E-state index contributed by atoms with van der Waals surface area (Å²) in [5.74, 6) is -0.0170. The predicted molar refractivity (Wildman–Crippen MR) is 128 cm³/mol. The molecule has 9 nitrogen and oxygen atoms in total. The fourth-order valence-corrected chi connectivity index (χ4v) is 5.15. The smallest absolute Gasteiger partial charge is 0.268 e. The lowest BCUT2D eigenvalue weighted by Crippen LogP contribution is -2.18. The highest BCUT2D eigenvalue weighted by Crippen LogP contribution is 2.30. The number of nitrogens with one attached hydrogen (secondary N) is 1. The molecule has 4 rings (SSSR count). The topological polar surface area (TPSA) is 133 Å². The number of primary amides is 1. The molecule has 4 aromatic rings. The monoisotopic (exact) mass is 499 g/mol. The van der Waals surface area contributed by atoms with Crippen molar-refractivity contribution < 1.29 is 17.7 Å². The van der Waals surface area contributed by atoms with Gasteiger partial charge >= 0.3 is 0 Å². The molecule has 176 valence electrons. The molecular formula is C23H22ClN5O4S. The van der Waals surface area contributed by atoms with E-state index in [0.717, 1.165) is 5.56 Å². The third-order valence-electron chi connectivity index (χ3n) is 5.52. The molecule has 0 bridgehead atoms. The molecule has 0 aliphatic rings. The molecule has 0 aliphatic carbocycles. The van der Waals surface area contributed by atoms with E-state index < -0.39 is 15.9 Å². The fourth-order valence-electron chi connectivity index (χ4n) is 3.56. The van der Waals surface area contributed by atoms with E-state index in [9.17, 15) is 13.2 Å². The number of hydrogen-bond donors (Lipinski definition) is 2. The zero-order valence-electron chi connectivity index (χ0n) is 18.7. The number of amides is 1. The van der Waals surface area contributed by atoms with E-state index in [4.69, 9.17) is 21.9 Å². The average molecular weight is 500 g/mol. The van der Waals surface area contributed by atoms with E-state index in [1.165, 1.54) is 6.07 Å². The molecule has 2 aromatic carbocycles. The van der Waals surface area contributed by atoms with Crippen LogP contribution in [0.2, 0.25) is 5.15 Å². The molecule has 2 heterocycles. The highest BCUT2D eigenvalue weighted by Gasteiger charge is 2.23. The van der Waals surface area contributed by atoms with Gasteiger partial charge in [0.05, 0.1) is 10.6 Å². The zero-order valence-corrected chi connectivity index (χ0v) is 20.2. The van der Waals surface area contributed by atoms with Gasteiger partial charge in [0, 0.05) is 17.7 Å². The van der Waals surface area contributed by atoms with Gasteiger partial charge in [-0.05, 0) is 38.0 Å². The summed E-state index contributed by atoms with van der Waals surface area (Å²) < 4.78 is 35.5. The summed E-state index contributed by atoms with van der Waals surface area (Å²) in [6.45, 7) is 5.53.